The van der Waals surface area contributed by atoms with Gasteiger partial charge in [-0.1, -0.05) is 24.3 Å². The number of rotatable bonds is 10. The summed E-state index contributed by atoms with van der Waals surface area (Å²) in [6.07, 6.45) is 4.97. The van der Waals surface area contributed by atoms with E-state index in [1.54, 1.807) is 0 Å². The van der Waals surface area contributed by atoms with Crippen LogP contribution in [0.5, 0.6) is 0 Å². The quantitative estimate of drug-likeness (QED) is 0.505. The Bertz CT molecular complexity index is 731. The summed E-state index contributed by atoms with van der Waals surface area (Å²) in [4.78, 5) is 12.5. The fourth-order valence-electron chi connectivity index (χ4n) is 3.20. The number of aromatic nitrogens is 1. The first-order valence-corrected chi connectivity index (χ1v) is 9.46. The zero-order valence-electron chi connectivity index (χ0n) is 16.3. The van der Waals surface area contributed by atoms with Crippen LogP contribution in [0.4, 0.5) is 0 Å². The van der Waals surface area contributed by atoms with Crippen molar-refractivity contribution in [1.82, 2.24) is 4.57 Å². The molecule has 0 radical (unpaired) electrons. The van der Waals surface area contributed by atoms with Crippen LogP contribution in [0.3, 0.4) is 0 Å². The average Bonchev–Trinajstić information content (AvgIpc) is 2.99. The Hall–Kier alpha value is -1.91. The van der Waals surface area contributed by atoms with Gasteiger partial charge in [0.25, 0.3) is 0 Å². The smallest absolute Gasteiger partial charge is 0.179 e. The first-order valence-electron chi connectivity index (χ1n) is 9.46. The Balaban J connectivity index is 1.83. The van der Waals surface area contributed by atoms with Gasteiger partial charge in [0.2, 0.25) is 0 Å². The standard InChI is InChI=1S/C22H32N2O2/c1-17-8-4-5-9-18(17)10-6-7-11-21(26)20-13-12-19(24(20)3)14-15-22(2,23)16-25/h4-5,8-9,12-13,25H,6-7,10-11,14-16,23H2,1-3H3. The zero-order valence-corrected chi connectivity index (χ0v) is 16.3. The van der Waals surface area contributed by atoms with Gasteiger partial charge in [0.15, 0.2) is 5.78 Å². The lowest BCUT2D eigenvalue weighted by Crippen LogP contribution is -2.40. The van der Waals surface area contributed by atoms with Gasteiger partial charge in [0, 0.05) is 24.7 Å². The Morgan fingerprint density at radius 1 is 1.15 bits per heavy atom. The third-order valence-electron chi connectivity index (χ3n) is 5.19. The summed E-state index contributed by atoms with van der Waals surface area (Å²) in [5.41, 5.74) is 9.95. The van der Waals surface area contributed by atoms with Gasteiger partial charge in [0.05, 0.1) is 12.3 Å². The maximum absolute atomic E-state index is 12.5. The third-order valence-corrected chi connectivity index (χ3v) is 5.19. The molecule has 0 aliphatic heterocycles. The average molecular weight is 357 g/mol. The lowest BCUT2D eigenvalue weighted by atomic mass is 9.97. The molecule has 1 aromatic carbocycles. The summed E-state index contributed by atoms with van der Waals surface area (Å²) in [6, 6.07) is 12.3. The molecule has 1 heterocycles. The molecule has 0 aliphatic carbocycles. The molecule has 0 amide bonds. The van der Waals surface area contributed by atoms with Crippen molar-refractivity contribution in [3.8, 4) is 0 Å². The number of unbranched alkanes of at least 4 members (excludes halogenated alkanes) is 1. The fraction of sp³-hybridized carbons (Fsp3) is 0.500. The molecule has 4 heteroatoms. The molecule has 142 valence electrons. The number of hydrogen-bond donors (Lipinski definition) is 2. The number of nitrogens with two attached hydrogens (primary N) is 1. The lowest BCUT2D eigenvalue weighted by Gasteiger charge is -2.21. The van der Waals surface area contributed by atoms with Gasteiger partial charge in [-0.3, -0.25) is 4.79 Å². The second-order valence-electron chi connectivity index (χ2n) is 7.64. The van der Waals surface area contributed by atoms with E-state index in [0.717, 1.165) is 37.1 Å². The minimum Gasteiger partial charge on any atom is -0.394 e. The van der Waals surface area contributed by atoms with Gasteiger partial charge in [-0.05, 0) is 69.2 Å². The van der Waals surface area contributed by atoms with Crippen LogP contribution < -0.4 is 5.73 Å². The Morgan fingerprint density at radius 2 is 1.88 bits per heavy atom. The van der Waals surface area contributed by atoms with E-state index < -0.39 is 5.54 Å². The van der Waals surface area contributed by atoms with E-state index in [2.05, 4.69) is 31.2 Å². The Kier molecular flexibility index (Phi) is 7.18. The maximum atomic E-state index is 12.5. The predicted molar refractivity (Wildman–Crippen MR) is 106 cm³/mol. The molecule has 0 saturated carbocycles. The number of ketones is 1. The molecule has 0 bridgehead atoms. The van der Waals surface area contributed by atoms with Crippen LogP contribution in [0.15, 0.2) is 36.4 Å². The monoisotopic (exact) mass is 356 g/mol. The number of carbonyl (C=O) groups is 1. The fourth-order valence-corrected chi connectivity index (χ4v) is 3.20. The predicted octanol–water partition coefficient (Wildman–Crippen LogP) is 3.57. The number of carbonyl (C=O) groups excluding carboxylic acids is 1. The van der Waals surface area contributed by atoms with Crippen molar-refractivity contribution in [2.75, 3.05) is 6.61 Å². The van der Waals surface area contributed by atoms with Crippen LogP contribution in [-0.2, 0) is 19.9 Å². The molecule has 2 aromatic rings. The number of nitrogens with zero attached hydrogens (tertiary/aromatic N) is 1. The van der Waals surface area contributed by atoms with Crippen molar-refractivity contribution < 1.29 is 9.90 Å². The van der Waals surface area contributed by atoms with Gasteiger partial charge in [-0.25, -0.2) is 0 Å². The molecule has 1 unspecified atom stereocenters. The molecule has 1 atom stereocenters. The topological polar surface area (TPSA) is 68.2 Å². The normalized spacial score (nSPS) is 13.6. The largest absolute Gasteiger partial charge is 0.394 e. The SMILES string of the molecule is Cc1ccccc1CCCCC(=O)c1ccc(CCC(C)(N)CO)n1C. The number of aryl methyl sites for hydroxylation is 3. The summed E-state index contributed by atoms with van der Waals surface area (Å²) in [6.45, 7) is 3.94. The molecule has 0 spiro atoms. The van der Waals surface area contributed by atoms with Crippen LogP contribution >= 0.6 is 0 Å². The molecule has 1 aromatic heterocycles. The van der Waals surface area contributed by atoms with Crippen molar-refractivity contribution in [2.45, 2.75) is 57.9 Å². The minimum absolute atomic E-state index is 0.0376. The van der Waals surface area contributed by atoms with Crippen LogP contribution in [0, 0.1) is 6.92 Å². The molecule has 26 heavy (non-hydrogen) atoms. The van der Waals surface area contributed by atoms with Crippen molar-refractivity contribution in [3.63, 3.8) is 0 Å². The zero-order chi connectivity index (χ0) is 19.2. The van der Waals surface area contributed by atoms with Crippen LogP contribution in [0.2, 0.25) is 0 Å². The van der Waals surface area contributed by atoms with Crippen LogP contribution in [-0.4, -0.2) is 27.6 Å². The summed E-state index contributed by atoms with van der Waals surface area (Å²) in [7, 11) is 1.93. The van der Waals surface area contributed by atoms with E-state index in [9.17, 15) is 9.90 Å². The van der Waals surface area contributed by atoms with E-state index in [4.69, 9.17) is 5.73 Å². The number of aliphatic hydroxyl groups excluding tert-OH is 1. The maximum Gasteiger partial charge on any atom is 0.179 e. The highest BCUT2D eigenvalue weighted by Gasteiger charge is 2.19. The molecule has 0 fully saturated rings. The summed E-state index contributed by atoms with van der Waals surface area (Å²) >= 11 is 0. The van der Waals surface area contributed by atoms with Crippen molar-refractivity contribution in [2.24, 2.45) is 12.8 Å². The lowest BCUT2D eigenvalue weighted by molar-refractivity contribution is 0.0971. The number of aliphatic hydroxyl groups is 1. The first-order chi connectivity index (χ1) is 12.3. The molecule has 2 rings (SSSR count). The van der Waals surface area contributed by atoms with Gasteiger partial charge in [-0.15, -0.1) is 0 Å². The molecular formula is C22H32N2O2. The molecule has 0 saturated heterocycles. The second-order valence-corrected chi connectivity index (χ2v) is 7.64. The van der Waals surface area contributed by atoms with Crippen molar-refractivity contribution >= 4 is 5.78 Å². The number of benzene rings is 1. The number of hydrogen-bond acceptors (Lipinski definition) is 3. The highest BCUT2D eigenvalue weighted by atomic mass is 16.3. The van der Waals surface area contributed by atoms with E-state index in [-0.39, 0.29) is 12.4 Å². The van der Waals surface area contributed by atoms with Crippen LogP contribution in [0.1, 0.15) is 59.9 Å². The van der Waals surface area contributed by atoms with Crippen LogP contribution in [0.25, 0.3) is 0 Å². The molecule has 3 N–H and O–H groups in total. The van der Waals surface area contributed by atoms with Gasteiger partial charge < -0.3 is 15.4 Å². The molecule has 4 nitrogen and oxygen atoms in total. The highest BCUT2D eigenvalue weighted by Crippen LogP contribution is 2.17. The second kappa shape index (κ2) is 9.15. The summed E-state index contributed by atoms with van der Waals surface area (Å²) in [5.74, 6) is 0.196. The van der Waals surface area contributed by atoms with Crippen molar-refractivity contribution in [3.05, 3.63) is 58.9 Å². The van der Waals surface area contributed by atoms with Gasteiger partial charge in [0.1, 0.15) is 0 Å². The summed E-state index contributed by atoms with van der Waals surface area (Å²) in [5, 5.41) is 9.27. The Labute approximate surface area is 157 Å². The van der Waals surface area contributed by atoms with E-state index in [0.29, 0.717) is 12.8 Å². The highest BCUT2D eigenvalue weighted by molar-refractivity contribution is 5.94. The van der Waals surface area contributed by atoms with Gasteiger partial charge >= 0.3 is 0 Å². The van der Waals surface area contributed by atoms with E-state index >= 15 is 0 Å². The van der Waals surface area contributed by atoms with Crippen molar-refractivity contribution in [1.29, 1.82) is 0 Å². The number of Topliss-reactive ketones (excluding diaryl/α,β-unsaturated/α-hetero) is 1. The first kappa shape index (κ1) is 20.4. The van der Waals surface area contributed by atoms with E-state index in [1.807, 2.05) is 30.7 Å². The van der Waals surface area contributed by atoms with E-state index in [1.165, 1.54) is 11.1 Å². The summed E-state index contributed by atoms with van der Waals surface area (Å²) < 4.78 is 1.97. The molecular weight excluding hydrogens is 324 g/mol. The third kappa shape index (κ3) is 5.55. The minimum atomic E-state index is -0.579. The Morgan fingerprint density at radius 3 is 2.58 bits per heavy atom. The van der Waals surface area contributed by atoms with Gasteiger partial charge in [-0.2, -0.15) is 0 Å². The molecule has 0 aliphatic rings.